The van der Waals surface area contributed by atoms with E-state index in [0.29, 0.717) is 23.8 Å². The van der Waals surface area contributed by atoms with Gasteiger partial charge in [0.05, 0.1) is 12.1 Å². The first-order valence-corrected chi connectivity index (χ1v) is 11.2. The van der Waals surface area contributed by atoms with Crippen molar-refractivity contribution < 1.29 is 9.59 Å². The highest BCUT2D eigenvalue weighted by atomic mass is 35.5. The topological polar surface area (TPSA) is 74.3 Å². The Morgan fingerprint density at radius 3 is 2.55 bits per heavy atom. The third-order valence-electron chi connectivity index (χ3n) is 4.81. The lowest BCUT2D eigenvalue weighted by molar-refractivity contribution is -0.120. The predicted octanol–water partition coefficient (Wildman–Crippen LogP) is 4.74. The average Bonchev–Trinajstić information content (AvgIpc) is 2.79. The van der Waals surface area contributed by atoms with Gasteiger partial charge in [-0.1, -0.05) is 35.9 Å². The number of pyridine rings is 1. The molecule has 0 radical (unpaired) electrons. The van der Waals surface area contributed by atoms with Crippen molar-refractivity contribution in [3.8, 4) is 0 Å². The molecule has 0 fully saturated rings. The minimum atomic E-state index is -0.192. The fourth-order valence-electron chi connectivity index (χ4n) is 3.21. The standard InChI is InChI=1S/C23H21ClN4O2S/c24-18-7-3-17(4-8-18)15-26-21(29)14-16-5-9-19(10-6-16)27-23(30)28-12-13-31-22-20(28)2-1-11-25-22/h1-11H,12-15H2,(H,26,29)(H,27,30). The van der Waals surface area contributed by atoms with Crippen molar-refractivity contribution in [2.24, 2.45) is 0 Å². The van der Waals surface area contributed by atoms with Gasteiger partial charge in [0.25, 0.3) is 0 Å². The van der Waals surface area contributed by atoms with E-state index in [1.54, 1.807) is 35.0 Å². The summed E-state index contributed by atoms with van der Waals surface area (Å²) in [6.07, 6.45) is 2.00. The third kappa shape index (κ3) is 5.57. The van der Waals surface area contributed by atoms with Crippen LogP contribution in [0.5, 0.6) is 0 Å². The van der Waals surface area contributed by atoms with E-state index < -0.39 is 0 Å². The van der Waals surface area contributed by atoms with E-state index in [0.717, 1.165) is 27.6 Å². The molecule has 2 N–H and O–H groups in total. The summed E-state index contributed by atoms with van der Waals surface area (Å²) in [5, 5.41) is 7.36. The van der Waals surface area contributed by atoms with Crippen molar-refractivity contribution in [1.82, 2.24) is 10.3 Å². The summed E-state index contributed by atoms with van der Waals surface area (Å²) in [6, 6.07) is 18.2. The fourth-order valence-corrected chi connectivity index (χ4v) is 4.27. The molecule has 3 amide bonds. The van der Waals surface area contributed by atoms with Gasteiger partial charge in [-0.3, -0.25) is 9.69 Å². The molecule has 1 aliphatic rings. The Hall–Kier alpha value is -3.03. The van der Waals surface area contributed by atoms with Crippen molar-refractivity contribution in [2.75, 3.05) is 22.5 Å². The average molecular weight is 453 g/mol. The van der Waals surface area contributed by atoms with Gasteiger partial charge in [0.1, 0.15) is 5.03 Å². The molecule has 1 aromatic heterocycles. The van der Waals surface area contributed by atoms with Gasteiger partial charge in [0.2, 0.25) is 5.91 Å². The first-order chi connectivity index (χ1) is 15.1. The van der Waals surface area contributed by atoms with Gasteiger partial charge in [-0.25, -0.2) is 9.78 Å². The maximum Gasteiger partial charge on any atom is 0.326 e. The summed E-state index contributed by atoms with van der Waals surface area (Å²) < 4.78 is 0. The number of benzene rings is 2. The van der Waals surface area contributed by atoms with E-state index in [1.165, 1.54) is 0 Å². The summed E-state index contributed by atoms with van der Waals surface area (Å²) in [6.45, 7) is 1.08. The smallest absolute Gasteiger partial charge is 0.326 e. The van der Waals surface area contributed by atoms with E-state index in [9.17, 15) is 9.59 Å². The second-order valence-electron chi connectivity index (χ2n) is 7.03. The summed E-state index contributed by atoms with van der Waals surface area (Å²) >= 11 is 7.52. The van der Waals surface area contributed by atoms with Crippen molar-refractivity contribution in [3.63, 3.8) is 0 Å². The quantitative estimate of drug-likeness (QED) is 0.586. The van der Waals surface area contributed by atoms with Crippen LogP contribution < -0.4 is 15.5 Å². The summed E-state index contributed by atoms with van der Waals surface area (Å²) in [7, 11) is 0. The Kier molecular flexibility index (Phi) is 6.74. The normalized spacial score (nSPS) is 12.7. The Morgan fingerprint density at radius 1 is 1.03 bits per heavy atom. The molecular weight excluding hydrogens is 432 g/mol. The number of nitrogens with zero attached hydrogens (tertiary/aromatic N) is 2. The van der Waals surface area contributed by atoms with Crippen LogP contribution in [0, 0.1) is 0 Å². The molecule has 1 aliphatic heterocycles. The van der Waals surface area contributed by atoms with Crippen LogP contribution in [0.2, 0.25) is 5.02 Å². The number of carbonyl (C=O) groups excluding carboxylic acids is 2. The lowest BCUT2D eigenvalue weighted by Crippen LogP contribution is -2.38. The minimum absolute atomic E-state index is 0.0679. The SMILES string of the molecule is O=C(Cc1ccc(NC(=O)N2CCSc3ncccc32)cc1)NCc1ccc(Cl)cc1. The van der Waals surface area contributed by atoms with Gasteiger partial charge in [-0.2, -0.15) is 0 Å². The molecule has 3 aromatic rings. The van der Waals surface area contributed by atoms with Crippen LogP contribution in [-0.4, -0.2) is 29.2 Å². The highest BCUT2D eigenvalue weighted by molar-refractivity contribution is 7.99. The van der Waals surface area contributed by atoms with Crippen LogP contribution >= 0.6 is 23.4 Å². The lowest BCUT2D eigenvalue weighted by atomic mass is 10.1. The maximum atomic E-state index is 12.7. The van der Waals surface area contributed by atoms with Crippen LogP contribution in [0.1, 0.15) is 11.1 Å². The van der Waals surface area contributed by atoms with E-state index in [2.05, 4.69) is 15.6 Å². The van der Waals surface area contributed by atoms with E-state index in [4.69, 9.17) is 11.6 Å². The molecule has 0 unspecified atom stereocenters. The number of amides is 3. The zero-order valence-electron chi connectivity index (χ0n) is 16.7. The molecular formula is C23H21ClN4O2S. The maximum absolute atomic E-state index is 12.7. The van der Waals surface area contributed by atoms with Gasteiger partial charge in [0, 0.05) is 35.7 Å². The Morgan fingerprint density at radius 2 is 1.77 bits per heavy atom. The molecule has 8 heteroatoms. The molecule has 0 saturated heterocycles. The van der Waals surface area contributed by atoms with Gasteiger partial charge in [0.15, 0.2) is 0 Å². The number of carbonyl (C=O) groups is 2. The van der Waals surface area contributed by atoms with Crippen LogP contribution in [0.3, 0.4) is 0 Å². The zero-order chi connectivity index (χ0) is 21.6. The number of anilines is 2. The molecule has 6 nitrogen and oxygen atoms in total. The van der Waals surface area contributed by atoms with Crippen molar-refractivity contribution >= 4 is 46.7 Å². The molecule has 0 aliphatic carbocycles. The van der Waals surface area contributed by atoms with Crippen LogP contribution in [0.4, 0.5) is 16.2 Å². The summed E-state index contributed by atoms with van der Waals surface area (Å²) in [5.74, 6) is 0.739. The van der Waals surface area contributed by atoms with Crippen LogP contribution in [-0.2, 0) is 17.8 Å². The van der Waals surface area contributed by atoms with E-state index in [-0.39, 0.29) is 18.4 Å². The molecule has 158 valence electrons. The predicted molar refractivity (Wildman–Crippen MR) is 125 cm³/mol. The highest BCUT2D eigenvalue weighted by Gasteiger charge is 2.23. The van der Waals surface area contributed by atoms with Gasteiger partial charge in [-0.05, 0) is 47.5 Å². The molecule has 4 rings (SSSR count). The number of rotatable bonds is 5. The van der Waals surface area contributed by atoms with Gasteiger partial charge >= 0.3 is 6.03 Å². The number of aromatic nitrogens is 1. The summed E-state index contributed by atoms with van der Waals surface area (Å²) in [4.78, 5) is 31.0. The number of hydrogen-bond donors (Lipinski definition) is 2. The molecule has 0 atom stereocenters. The largest absolute Gasteiger partial charge is 0.352 e. The monoisotopic (exact) mass is 452 g/mol. The fraction of sp³-hybridized carbons (Fsp3) is 0.174. The van der Waals surface area contributed by atoms with Crippen molar-refractivity contribution in [3.05, 3.63) is 83.0 Å². The summed E-state index contributed by atoms with van der Waals surface area (Å²) in [5.41, 5.74) is 3.36. The minimum Gasteiger partial charge on any atom is -0.352 e. The number of hydrogen-bond acceptors (Lipinski definition) is 4. The number of urea groups is 1. The number of nitrogens with one attached hydrogen (secondary N) is 2. The second-order valence-corrected chi connectivity index (χ2v) is 8.55. The number of fused-ring (bicyclic) bond motifs is 1. The van der Waals surface area contributed by atoms with Gasteiger partial charge in [-0.15, -0.1) is 11.8 Å². The van der Waals surface area contributed by atoms with Crippen LogP contribution in [0.15, 0.2) is 71.9 Å². The molecule has 0 spiro atoms. The van der Waals surface area contributed by atoms with Crippen molar-refractivity contribution in [2.45, 2.75) is 18.0 Å². The van der Waals surface area contributed by atoms with E-state index >= 15 is 0 Å². The molecule has 0 saturated carbocycles. The Balaban J connectivity index is 1.30. The molecule has 0 bridgehead atoms. The number of thioether (sulfide) groups is 1. The first-order valence-electron chi connectivity index (χ1n) is 9.85. The Bertz CT molecular complexity index is 1070. The third-order valence-corrected chi connectivity index (χ3v) is 6.04. The van der Waals surface area contributed by atoms with E-state index in [1.807, 2.05) is 48.5 Å². The first kappa shape index (κ1) is 21.2. The van der Waals surface area contributed by atoms with Crippen LogP contribution in [0.25, 0.3) is 0 Å². The molecule has 2 heterocycles. The molecule has 31 heavy (non-hydrogen) atoms. The van der Waals surface area contributed by atoms with Gasteiger partial charge < -0.3 is 10.6 Å². The molecule has 2 aromatic carbocycles. The highest BCUT2D eigenvalue weighted by Crippen LogP contribution is 2.32. The number of halogens is 1. The zero-order valence-corrected chi connectivity index (χ0v) is 18.2. The Labute approximate surface area is 190 Å². The van der Waals surface area contributed by atoms with Crippen molar-refractivity contribution in [1.29, 1.82) is 0 Å². The second kappa shape index (κ2) is 9.85. The lowest BCUT2D eigenvalue weighted by Gasteiger charge is -2.28.